The van der Waals surface area contributed by atoms with Gasteiger partial charge in [-0.1, -0.05) is 0 Å². The van der Waals surface area contributed by atoms with E-state index in [0.29, 0.717) is 0 Å². The molecule has 0 bridgehead atoms. The zero-order chi connectivity index (χ0) is 14.8. The molecule has 0 aromatic heterocycles. The van der Waals surface area contributed by atoms with Crippen molar-refractivity contribution in [2.45, 2.75) is 5.32 Å². The van der Waals surface area contributed by atoms with E-state index >= 15 is 0 Å². The molecule has 0 aliphatic carbocycles. The van der Waals surface area contributed by atoms with Gasteiger partial charge in [0.15, 0.2) is 0 Å². The molecule has 0 fully saturated rings. The van der Waals surface area contributed by atoms with Crippen molar-refractivity contribution < 1.29 is 0 Å². The van der Waals surface area contributed by atoms with E-state index in [1.54, 1.807) is 4.47 Å². The number of fused-ring (bicyclic) bond motifs is 1. The second kappa shape index (κ2) is 5.96. The van der Waals surface area contributed by atoms with Gasteiger partial charge >= 0.3 is 136 Å². The van der Waals surface area contributed by atoms with Crippen molar-refractivity contribution in [3.8, 4) is 0 Å². The molecule has 0 radical (unpaired) electrons. The summed E-state index contributed by atoms with van der Waals surface area (Å²) in [7, 11) is 0. The third-order valence-corrected chi connectivity index (χ3v) is 8.82. The Morgan fingerprint density at radius 1 is 0.682 bits per heavy atom. The fourth-order valence-corrected chi connectivity index (χ4v) is 7.86. The van der Waals surface area contributed by atoms with Gasteiger partial charge in [-0.15, -0.1) is 0 Å². The SMILES string of the molecule is C(=C1\c2ccccc2C[Se+]1c1ccccc1)/c1ccccc1. The molecule has 1 atom stereocenters. The molecule has 0 saturated heterocycles. The average Bonchev–Trinajstić information content (AvgIpc) is 2.95. The normalized spacial score (nSPS) is 18.4. The van der Waals surface area contributed by atoms with E-state index in [2.05, 4.69) is 91.0 Å². The molecule has 0 nitrogen and oxygen atoms in total. The van der Waals surface area contributed by atoms with Crippen LogP contribution in [0.25, 0.3) is 10.5 Å². The Morgan fingerprint density at radius 3 is 2.09 bits per heavy atom. The average molecular weight is 348 g/mol. The molecule has 1 aliphatic rings. The van der Waals surface area contributed by atoms with Gasteiger partial charge in [0, 0.05) is 0 Å². The van der Waals surface area contributed by atoms with Crippen molar-refractivity contribution in [2.24, 2.45) is 0 Å². The fraction of sp³-hybridized carbons (Fsp3) is 0.0476. The first-order valence-corrected chi connectivity index (χ1v) is 10.5. The van der Waals surface area contributed by atoms with Gasteiger partial charge < -0.3 is 0 Å². The van der Waals surface area contributed by atoms with Crippen LogP contribution < -0.4 is 4.46 Å². The zero-order valence-corrected chi connectivity index (χ0v) is 14.0. The molecular formula is C21H17Se+. The summed E-state index contributed by atoms with van der Waals surface area (Å²) >= 11 is -0.990. The maximum atomic E-state index is 2.41. The standard InChI is InChI=1S/C21H17Se/c1-3-9-17(10-4-1)15-21-20-14-8-7-11-18(20)16-22(21)19-12-5-2-6-13-19/h1-15H,16H2/q+1/b21-15-. The summed E-state index contributed by atoms with van der Waals surface area (Å²) in [5.74, 6) is 0. The van der Waals surface area contributed by atoms with E-state index in [0.717, 1.165) is 0 Å². The summed E-state index contributed by atoms with van der Waals surface area (Å²) in [6, 6.07) is 30.7. The predicted molar refractivity (Wildman–Crippen MR) is 96.3 cm³/mol. The summed E-state index contributed by atoms with van der Waals surface area (Å²) in [4.78, 5) is 0. The number of hydrogen-bond acceptors (Lipinski definition) is 0. The van der Waals surface area contributed by atoms with Crippen LogP contribution in [-0.4, -0.2) is 13.9 Å². The van der Waals surface area contributed by atoms with E-state index < -0.39 is 13.9 Å². The maximum absolute atomic E-state index is 2.41. The van der Waals surface area contributed by atoms with Crippen LogP contribution in [0.1, 0.15) is 16.7 Å². The second-order valence-electron chi connectivity index (χ2n) is 5.42. The first-order chi connectivity index (χ1) is 10.9. The molecule has 0 saturated carbocycles. The van der Waals surface area contributed by atoms with Gasteiger partial charge in [0.25, 0.3) is 0 Å². The molecule has 4 rings (SSSR count). The summed E-state index contributed by atoms with van der Waals surface area (Å²) in [6.45, 7) is 0. The molecule has 0 amide bonds. The van der Waals surface area contributed by atoms with Crippen LogP contribution in [0.5, 0.6) is 0 Å². The summed E-state index contributed by atoms with van der Waals surface area (Å²) in [5.41, 5.74) is 4.28. The van der Waals surface area contributed by atoms with Crippen LogP contribution in [0.4, 0.5) is 0 Å². The minimum absolute atomic E-state index is 0.990. The molecule has 3 aromatic rings. The molecule has 1 heteroatoms. The molecule has 3 aromatic carbocycles. The summed E-state index contributed by atoms with van der Waals surface area (Å²) in [6.07, 6.45) is 2.41. The Hall–Kier alpha value is -2.08. The Bertz CT molecular complexity index is 804. The molecule has 0 spiro atoms. The van der Waals surface area contributed by atoms with Crippen LogP contribution in [0, 0.1) is 0 Å². The van der Waals surface area contributed by atoms with Gasteiger partial charge in [0.05, 0.1) is 0 Å². The minimum atomic E-state index is -0.990. The number of benzene rings is 3. The van der Waals surface area contributed by atoms with Crippen molar-refractivity contribution in [1.82, 2.24) is 0 Å². The Balaban J connectivity index is 1.85. The topological polar surface area (TPSA) is 0 Å². The third kappa shape index (κ3) is 2.54. The first-order valence-electron chi connectivity index (χ1n) is 7.53. The quantitative estimate of drug-likeness (QED) is 0.607. The summed E-state index contributed by atoms with van der Waals surface area (Å²) in [5, 5.41) is 1.22. The van der Waals surface area contributed by atoms with Crippen molar-refractivity contribution in [2.75, 3.05) is 0 Å². The van der Waals surface area contributed by atoms with Gasteiger partial charge in [-0.25, -0.2) is 0 Å². The monoisotopic (exact) mass is 349 g/mol. The van der Waals surface area contributed by atoms with Gasteiger partial charge in [-0.2, -0.15) is 0 Å². The zero-order valence-electron chi connectivity index (χ0n) is 12.3. The van der Waals surface area contributed by atoms with Crippen LogP contribution in [0.15, 0.2) is 84.9 Å². The fourth-order valence-electron chi connectivity index (χ4n) is 2.90. The Labute approximate surface area is 136 Å². The van der Waals surface area contributed by atoms with E-state index in [1.807, 2.05) is 0 Å². The molecular weight excluding hydrogens is 331 g/mol. The van der Waals surface area contributed by atoms with E-state index in [-0.39, 0.29) is 0 Å². The van der Waals surface area contributed by atoms with Crippen LogP contribution in [0.2, 0.25) is 0 Å². The molecule has 0 N–H and O–H groups in total. The second-order valence-corrected chi connectivity index (χ2v) is 9.58. The third-order valence-electron chi connectivity index (χ3n) is 3.97. The Morgan fingerprint density at radius 2 is 1.32 bits per heavy atom. The van der Waals surface area contributed by atoms with Crippen molar-refractivity contribution >= 4 is 28.9 Å². The van der Waals surface area contributed by atoms with Crippen LogP contribution in [0.3, 0.4) is 0 Å². The molecule has 22 heavy (non-hydrogen) atoms. The molecule has 1 unspecified atom stereocenters. The first kappa shape index (κ1) is 13.6. The van der Waals surface area contributed by atoms with Gasteiger partial charge in [-0.3, -0.25) is 0 Å². The van der Waals surface area contributed by atoms with E-state index in [9.17, 15) is 0 Å². The molecule has 106 valence electrons. The van der Waals surface area contributed by atoms with Crippen LogP contribution >= 0.6 is 0 Å². The number of hydrogen-bond donors (Lipinski definition) is 0. The van der Waals surface area contributed by atoms with Crippen molar-refractivity contribution in [3.63, 3.8) is 0 Å². The number of rotatable bonds is 2. The van der Waals surface area contributed by atoms with Gasteiger partial charge in [0.2, 0.25) is 0 Å². The predicted octanol–water partition coefficient (Wildman–Crippen LogP) is 4.26. The van der Waals surface area contributed by atoms with Gasteiger partial charge in [-0.05, 0) is 0 Å². The van der Waals surface area contributed by atoms with Crippen LogP contribution in [-0.2, 0) is 5.32 Å². The molecule has 1 heterocycles. The van der Waals surface area contributed by atoms with E-state index in [4.69, 9.17) is 0 Å². The van der Waals surface area contributed by atoms with E-state index in [1.165, 1.54) is 26.5 Å². The summed E-state index contributed by atoms with van der Waals surface area (Å²) < 4.78 is 3.09. The van der Waals surface area contributed by atoms with Crippen molar-refractivity contribution in [1.29, 1.82) is 0 Å². The Kier molecular flexibility index (Phi) is 3.68. The van der Waals surface area contributed by atoms with Gasteiger partial charge in [0.1, 0.15) is 0 Å². The van der Waals surface area contributed by atoms with Crippen molar-refractivity contribution in [3.05, 3.63) is 102 Å². The molecule has 1 aliphatic heterocycles.